The lowest BCUT2D eigenvalue weighted by atomic mass is 10.1. The number of nitrogens with one attached hydrogen (secondary N) is 1. The van der Waals surface area contributed by atoms with Crippen LogP contribution in [0.2, 0.25) is 5.15 Å². The van der Waals surface area contributed by atoms with Gasteiger partial charge in [0.05, 0.1) is 5.56 Å². The molecule has 3 aromatic rings. The van der Waals surface area contributed by atoms with E-state index in [1.165, 1.54) is 12.3 Å². The molecule has 22 heavy (non-hydrogen) atoms. The van der Waals surface area contributed by atoms with Crippen LogP contribution in [0.15, 0.2) is 53.5 Å². The first-order valence-corrected chi connectivity index (χ1v) is 6.91. The van der Waals surface area contributed by atoms with Gasteiger partial charge < -0.3 is 9.72 Å². The first-order chi connectivity index (χ1) is 10.6. The standard InChI is InChI=1S/C16H11ClN2O3/c17-14-6-5-10(8-18-14)9-22-16(21)12-7-15(20)19-13-4-2-1-3-11(12)13/h1-8H,9H2,(H,19,20). The molecule has 0 fully saturated rings. The summed E-state index contributed by atoms with van der Waals surface area (Å²) in [5.41, 5.74) is 1.20. The van der Waals surface area contributed by atoms with Gasteiger partial charge in [0.15, 0.2) is 0 Å². The molecule has 2 aromatic heterocycles. The van der Waals surface area contributed by atoms with Gasteiger partial charge in [0, 0.05) is 28.7 Å². The molecule has 3 rings (SSSR count). The zero-order valence-corrected chi connectivity index (χ0v) is 12.1. The minimum atomic E-state index is -0.558. The maximum absolute atomic E-state index is 12.2. The number of benzene rings is 1. The summed E-state index contributed by atoms with van der Waals surface area (Å²) in [5.74, 6) is -0.558. The fraction of sp³-hybridized carbons (Fsp3) is 0.0625. The SMILES string of the molecule is O=C(OCc1ccc(Cl)nc1)c1cc(=O)[nH]c2ccccc12. The number of H-pyrrole nitrogens is 1. The van der Waals surface area contributed by atoms with E-state index in [-0.39, 0.29) is 17.7 Å². The monoisotopic (exact) mass is 314 g/mol. The fourth-order valence-corrected chi connectivity index (χ4v) is 2.20. The number of rotatable bonds is 3. The highest BCUT2D eigenvalue weighted by molar-refractivity contribution is 6.29. The zero-order valence-electron chi connectivity index (χ0n) is 11.4. The van der Waals surface area contributed by atoms with E-state index in [0.29, 0.717) is 21.6 Å². The number of fused-ring (bicyclic) bond motifs is 1. The van der Waals surface area contributed by atoms with E-state index in [0.717, 1.165) is 0 Å². The van der Waals surface area contributed by atoms with Crippen molar-refractivity contribution < 1.29 is 9.53 Å². The van der Waals surface area contributed by atoms with Crippen molar-refractivity contribution in [3.05, 3.63) is 75.3 Å². The largest absolute Gasteiger partial charge is 0.457 e. The molecule has 0 aliphatic carbocycles. The van der Waals surface area contributed by atoms with Crippen LogP contribution in [0.1, 0.15) is 15.9 Å². The maximum Gasteiger partial charge on any atom is 0.339 e. The summed E-state index contributed by atoms with van der Waals surface area (Å²) in [6, 6.07) is 11.6. The molecule has 0 radical (unpaired) electrons. The predicted molar refractivity (Wildman–Crippen MR) is 82.9 cm³/mol. The number of para-hydroxylation sites is 1. The molecule has 0 aliphatic heterocycles. The Morgan fingerprint density at radius 3 is 2.82 bits per heavy atom. The Hall–Kier alpha value is -2.66. The highest BCUT2D eigenvalue weighted by Gasteiger charge is 2.13. The number of hydrogen-bond donors (Lipinski definition) is 1. The Bertz CT molecular complexity index is 888. The van der Waals surface area contributed by atoms with Crippen molar-refractivity contribution in [3.8, 4) is 0 Å². The van der Waals surface area contributed by atoms with Crippen molar-refractivity contribution >= 4 is 28.5 Å². The van der Waals surface area contributed by atoms with Crippen molar-refractivity contribution in [2.45, 2.75) is 6.61 Å². The summed E-state index contributed by atoms with van der Waals surface area (Å²) in [5, 5.41) is 1.01. The second-order valence-corrected chi connectivity index (χ2v) is 5.05. The number of nitrogens with zero attached hydrogens (tertiary/aromatic N) is 1. The molecule has 0 unspecified atom stereocenters. The van der Waals surface area contributed by atoms with Gasteiger partial charge in [0.2, 0.25) is 5.56 Å². The van der Waals surface area contributed by atoms with Gasteiger partial charge in [-0.25, -0.2) is 9.78 Å². The van der Waals surface area contributed by atoms with Crippen LogP contribution in [0.3, 0.4) is 0 Å². The van der Waals surface area contributed by atoms with Crippen LogP contribution in [0, 0.1) is 0 Å². The number of halogens is 1. The molecule has 0 saturated carbocycles. The highest BCUT2D eigenvalue weighted by atomic mass is 35.5. The number of carbonyl (C=O) groups is 1. The molecule has 5 nitrogen and oxygen atoms in total. The fourth-order valence-electron chi connectivity index (χ4n) is 2.09. The van der Waals surface area contributed by atoms with Crippen LogP contribution in [0.4, 0.5) is 0 Å². The van der Waals surface area contributed by atoms with Crippen molar-refractivity contribution in [3.63, 3.8) is 0 Å². The van der Waals surface area contributed by atoms with Gasteiger partial charge in [-0.3, -0.25) is 4.79 Å². The molecule has 0 atom stereocenters. The summed E-state index contributed by atoms with van der Waals surface area (Å²) < 4.78 is 5.24. The van der Waals surface area contributed by atoms with E-state index in [1.54, 1.807) is 36.4 Å². The lowest BCUT2D eigenvalue weighted by Gasteiger charge is -2.07. The number of esters is 1. The summed E-state index contributed by atoms with van der Waals surface area (Å²) >= 11 is 5.70. The van der Waals surface area contributed by atoms with Crippen molar-refractivity contribution in [1.82, 2.24) is 9.97 Å². The molecule has 0 amide bonds. The first kappa shape index (κ1) is 14.3. The summed E-state index contributed by atoms with van der Waals surface area (Å²) in [7, 11) is 0. The predicted octanol–water partition coefficient (Wildman–Crippen LogP) is 2.93. The van der Waals surface area contributed by atoms with Crippen molar-refractivity contribution in [2.75, 3.05) is 0 Å². The number of aromatic amines is 1. The maximum atomic E-state index is 12.2. The van der Waals surface area contributed by atoms with Crippen LogP contribution in [0.25, 0.3) is 10.9 Å². The van der Waals surface area contributed by atoms with Gasteiger partial charge in [0.25, 0.3) is 0 Å². The van der Waals surface area contributed by atoms with E-state index in [1.807, 2.05) is 0 Å². The molecule has 110 valence electrons. The molecule has 0 saturated heterocycles. The Kier molecular flexibility index (Phi) is 3.89. The molecule has 0 aliphatic rings. The van der Waals surface area contributed by atoms with Crippen LogP contribution < -0.4 is 5.56 Å². The number of hydrogen-bond acceptors (Lipinski definition) is 4. The van der Waals surface area contributed by atoms with Crippen LogP contribution >= 0.6 is 11.6 Å². The Morgan fingerprint density at radius 2 is 2.05 bits per heavy atom. The van der Waals surface area contributed by atoms with E-state index in [4.69, 9.17) is 16.3 Å². The minimum absolute atomic E-state index is 0.0597. The highest BCUT2D eigenvalue weighted by Crippen LogP contribution is 2.16. The first-order valence-electron chi connectivity index (χ1n) is 6.53. The summed E-state index contributed by atoms with van der Waals surface area (Å²) in [6.45, 7) is 0.0597. The second-order valence-electron chi connectivity index (χ2n) is 4.66. The lowest BCUT2D eigenvalue weighted by Crippen LogP contribution is -2.12. The van der Waals surface area contributed by atoms with E-state index in [2.05, 4.69) is 9.97 Å². The Balaban J connectivity index is 1.86. The van der Waals surface area contributed by atoms with Gasteiger partial charge in [-0.1, -0.05) is 35.9 Å². The lowest BCUT2D eigenvalue weighted by molar-refractivity contribution is 0.0474. The van der Waals surface area contributed by atoms with Crippen LogP contribution in [-0.4, -0.2) is 15.9 Å². The van der Waals surface area contributed by atoms with E-state index in [9.17, 15) is 9.59 Å². The third-order valence-corrected chi connectivity index (χ3v) is 3.35. The smallest absolute Gasteiger partial charge is 0.339 e. The molecule has 1 aromatic carbocycles. The molecular weight excluding hydrogens is 304 g/mol. The number of carbonyl (C=O) groups excluding carboxylic acids is 1. The normalized spacial score (nSPS) is 10.6. The van der Waals surface area contributed by atoms with Gasteiger partial charge >= 0.3 is 5.97 Å². The van der Waals surface area contributed by atoms with Crippen LogP contribution in [0.5, 0.6) is 0 Å². The van der Waals surface area contributed by atoms with Gasteiger partial charge in [-0.05, 0) is 12.1 Å². The average Bonchev–Trinajstić information content (AvgIpc) is 2.53. The third-order valence-electron chi connectivity index (χ3n) is 3.13. The topological polar surface area (TPSA) is 72.0 Å². The van der Waals surface area contributed by atoms with Gasteiger partial charge in [0.1, 0.15) is 11.8 Å². The molecule has 2 heterocycles. The van der Waals surface area contributed by atoms with E-state index >= 15 is 0 Å². The minimum Gasteiger partial charge on any atom is -0.457 e. The van der Waals surface area contributed by atoms with Crippen LogP contribution in [-0.2, 0) is 11.3 Å². The van der Waals surface area contributed by atoms with Crippen molar-refractivity contribution in [1.29, 1.82) is 0 Å². The quantitative estimate of drug-likeness (QED) is 0.596. The number of pyridine rings is 2. The van der Waals surface area contributed by atoms with Gasteiger partial charge in [-0.15, -0.1) is 0 Å². The third kappa shape index (κ3) is 2.99. The Morgan fingerprint density at radius 1 is 1.23 bits per heavy atom. The van der Waals surface area contributed by atoms with Crippen molar-refractivity contribution in [2.24, 2.45) is 0 Å². The molecule has 0 bridgehead atoms. The Labute approximate surface area is 130 Å². The zero-order chi connectivity index (χ0) is 15.5. The summed E-state index contributed by atoms with van der Waals surface area (Å²) in [6.07, 6.45) is 1.53. The average molecular weight is 315 g/mol. The van der Waals surface area contributed by atoms with E-state index < -0.39 is 5.97 Å². The molecule has 0 spiro atoms. The van der Waals surface area contributed by atoms with Gasteiger partial charge in [-0.2, -0.15) is 0 Å². The number of aromatic nitrogens is 2. The molecule has 6 heteroatoms. The molecule has 1 N–H and O–H groups in total. The summed E-state index contributed by atoms with van der Waals surface area (Å²) in [4.78, 5) is 30.5. The second kappa shape index (κ2) is 5.99. The molecular formula is C16H11ClN2O3. The number of ether oxygens (including phenoxy) is 1.